The number of halogens is 3. The SMILES string of the molecule is Brc1ccc2nc(CI)c(CI)nc2c1. The summed E-state index contributed by atoms with van der Waals surface area (Å²) in [6.07, 6.45) is 0. The van der Waals surface area contributed by atoms with Crippen LogP contribution in [0.3, 0.4) is 0 Å². The van der Waals surface area contributed by atoms with Gasteiger partial charge in [-0.15, -0.1) is 0 Å². The molecule has 15 heavy (non-hydrogen) atoms. The molecule has 2 rings (SSSR count). The van der Waals surface area contributed by atoms with Crippen LogP contribution in [-0.2, 0) is 8.86 Å². The lowest BCUT2D eigenvalue weighted by atomic mass is 10.2. The minimum absolute atomic E-state index is 0.908. The molecule has 1 aromatic carbocycles. The van der Waals surface area contributed by atoms with Crippen LogP contribution in [0.5, 0.6) is 0 Å². The summed E-state index contributed by atoms with van der Waals surface area (Å²) in [6, 6.07) is 6.01. The van der Waals surface area contributed by atoms with Gasteiger partial charge in [0.2, 0.25) is 0 Å². The molecule has 0 N–H and O–H groups in total. The summed E-state index contributed by atoms with van der Waals surface area (Å²) in [7, 11) is 0. The topological polar surface area (TPSA) is 25.8 Å². The lowest BCUT2D eigenvalue weighted by Gasteiger charge is -2.05. The van der Waals surface area contributed by atoms with Crippen molar-refractivity contribution in [3.8, 4) is 0 Å². The summed E-state index contributed by atoms with van der Waals surface area (Å²) in [5.74, 6) is 0. The number of hydrogen-bond donors (Lipinski definition) is 0. The van der Waals surface area contributed by atoms with Gasteiger partial charge in [-0.05, 0) is 18.2 Å². The summed E-state index contributed by atoms with van der Waals surface area (Å²) in [4.78, 5) is 9.23. The maximum atomic E-state index is 4.62. The molecular weight excluding hydrogens is 482 g/mol. The van der Waals surface area contributed by atoms with Crippen LogP contribution in [0.25, 0.3) is 11.0 Å². The predicted molar refractivity (Wildman–Crippen MR) is 82.7 cm³/mol. The van der Waals surface area contributed by atoms with Crippen LogP contribution in [0.4, 0.5) is 0 Å². The molecule has 0 spiro atoms. The van der Waals surface area contributed by atoms with Crippen LogP contribution in [0.2, 0.25) is 0 Å². The van der Waals surface area contributed by atoms with E-state index in [-0.39, 0.29) is 0 Å². The lowest BCUT2D eigenvalue weighted by molar-refractivity contribution is 1.09. The monoisotopic (exact) mass is 488 g/mol. The molecule has 0 unspecified atom stereocenters. The molecule has 5 heteroatoms. The Kier molecular flexibility index (Phi) is 4.17. The van der Waals surface area contributed by atoms with E-state index in [4.69, 9.17) is 0 Å². The molecule has 2 aromatic rings. The molecule has 1 aromatic heterocycles. The second kappa shape index (κ2) is 5.22. The maximum absolute atomic E-state index is 4.62. The van der Waals surface area contributed by atoms with E-state index in [1.807, 2.05) is 18.2 Å². The van der Waals surface area contributed by atoms with E-state index in [0.29, 0.717) is 0 Å². The molecular formula is C10H7BrI2N2. The third-order valence-electron chi connectivity index (χ3n) is 2.03. The van der Waals surface area contributed by atoms with E-state index >= 15 is 0 Å². The highest BCUT2D eigenvalue weighted by molar-refractivity contribution is 14.1. The normalized spacial score (nSPS) is 10.9. The fourth-order valence-electron chi connectivity index (χ4n) is 1.31. The van der Waals surface area contributed by atoms with Crippen LogP contribution in [-0.4, -0.2) is 9.97 Å². The Morgan fingerprint density at radius 3 is 2.20 bits per heavy atom. The molecule has 78 valence electrons. The molecule has 1 heterocycles. The average molecular weight is 489 g/mol. The van der Waals surface area contributed by atoms with E-state index in [9.17, 15) is 0 Å². The van der Waals surface area contributed by atoms with Crippen molar-refractivity contribution in [2.24, 2.45) is 0 Å². The Balaban J connectivity index is 2.69. The Bertz CT molecular complexity index is 502. The second-order valence-electron chi connectivity index (χ2n) is 3.02. The van der Waals surface area contributed by atoms with E-state index in [1.54, 1.807) is 0 Å². The van der Waals surface area contributed by atoms with Crippen molar-refractivity contribution in [1.29, 1.82) is 0 Å². The molecule has 0 amide bonds. The van der Waals surface area contributed by atoms with Crippen molar-refractivity contribution >= 4 is 72.1 Å². The summed E-state index contributed by atoms with van der Waals surface area (Å²) in [5.41, 5.74) is 4.12. The summed E-state index contributed by atoms with van der Waals surface area (Å²) in [6.45, 7) is 0. The third-order valence-corrected chi connectivity index (χ3v) is 3.97. The standard InChI is InChI=1S/C10H7BrI2N2/c11-6-1-2-7-8(3-6)15-10(5-13)9(4-12)14-7/h1-3H,4-5H2. The van der Waals surface area contributed by atoms with Gasteiger partial charge in [0.1, 0.15) is 0 Å². The first-order valence-corrected chi connectivity index (χ1v) is 8.16. The zero-order valence-corrected chi connectivity index (χ0v) is 13.6. The smallest absolute Gasteiger partial charge is 0.0901 e. The maximum Gasteiger partial charge on any atom is 0.0901 e. The highest BCUT2D eigenvalue weighted by atomic mass is 127. The molecule has 0 saturated heterocycles. The van der Waals surface area contributed by atoms with Crippen molar-refractivity contribution in [2.75, 3.05) is 0 Å². The van der Waals surface area contributed by atoms with Crippen LogP contribution in [0.15, 0.2) is 22.7 Å². The molecule has 0 aliphatic carbocycles. The summed E-state index contributed by atoms with van der Waals surface area (Å²) in [5, 5.41) is 0. The van der Waals surface area contributed by atoms with E-state index in [2.05, 4.69) is 71.1 Å². The van der Waals surface area contributed by atoms with Gasteiger partial charge in [0.25, 0.3) is 0 Å². The zero-order chi connectivity index (χ0) is 10.8. The van der Waals surface area contributed by atoms with Crippen molar-refractivity contribution in [3.05, 3.63) is 34.1 Å². The number of benzene rings is 1. The first-order chi connectivity index (χ1) is 7.24. The van der Waals surface area contributed by atoms with E-state index < -0.39 is 0 Å². The van der Waals surface area contributed by atoms with E-state index in [0.717, 1.165) is 35.7 Å². The van der Waals surface area contributed by atoms with Gasteiger partial charge >= 0.3 is 0 Å². The second-order valence-corrected chi connectivity index (χ2v) is 5.46. The number of aromatic nitrogens is 2. The molecule has 0 atom stereocenters. The Morgan fingerprint density at radius 1 is 1.00 bits per heavy atom. The number of hydrogen-bond acceptors (Lipinski definition) is 2. The van der Waals surface area contributed by atoms with Crippen LogP contribution in [0, 0.1) is 0 Å². The van der Waals surface area contributed by atoms with Crippen molar-refractivity contribution in [2.45, 2.75) is 8.86 Å². The first-order valence-electron chi connectivity index (χ1n) is 4.31. The van der Waals surface area contributed by atoms with E-state index in [1.165, 1.54) is 0 Å². The van der Waals surface area contributed by atoms with Crippen molar-refractivity contribution < 1.29 is 0 Å². The minimum Gasteiger partial charge on any atom is -0.248 e. The average Bonchev–Trinajstić information content (AvgIpc) is 2.27. The van der Waals surface area contributed by atoms with Gasteiger partial charge in [-0.1, -0.05) is 61.1 Å². The molecule has 0 aliphatic rings. The number of rotatable bonds is 2. The molecule has 0 aliphatic heterocycles. The highest BCUT2D eigenvalue weighted by Gasteiger charge is 2.06. The van der Waals surface area contributed by atoms with Crippen LogP contribution < -0.4 is 0 Å². The van der Waals surface area contributed by atoms with Crippen molar-refractivity contribution in [3.63, 3.8) is 0 Å². The number of alkyl halides is 2. The Labute approximate surface area is 124 Å². The van der Waals surface area contributed by atoms with Gasteiger partial charge < -0.3 is 0 Å². The minimum atomic E-state index is 0.908. The molecule has 0 fully saturated rings. The zero-order valence-electron chi connectivity index (χ0n) is 7.67. The summed E-state index contributed by atoms with van der Waals surface area (Å²) < 4.78 is 2.87. The van der Waals surface area contributed by atoms with Gasteiger partial charge in [-0.3, -0.25) is 0 Å². The summed E-state index contributed by atoms with van der Waals surface area (Å²) >= 11 is 8.10. The quantitative estimate of drug-likeness (QED) is 0.466. The van der Waals surface area contributed by atoms with Gasteiger partial charge in [0, 0.05) is 13.3 Å². The largest absolute Gasteiger partial charge is 0.248 e. The highest BCUT2D eigenvalue weighted by Crippen LogP contribution is 2.20. The van der Waals surface area contributed by atoms with Gasteiger partial charge in [-0.2, -0.15) is 0 Å². The Hall–Kier alpha value is 0.500. The molecule has 2 nitrogen and oxygen atoms in total. The lowest BCUT2D eigenvalue weighted by Crippen LogP contribution is -1.98. The number of nitrogens with zero attached hydrogens (tertiary/aromatic N) is 2. The molecule has 0 saturated carbocycles. The third kappa shape index (κ3) is 2.60. The van der Waals surface area contributed by atoms with Gasteiger partial charge in [0.15, 0.2) is 0 Å². The fourth-order valence-corrected chi connectivity index (χ4v) is 2.89. The van der Waals surface area contributed by atoms with Crippen molar-refractivity contribution in [1.82, 2.24) is 9.97 Å². The fraction of sp³-hybridized carbons (Fsp3) is 0.200. The Morgan fingerprint density at radius 2 is 1.60 bits per heavy atom. The van der Waals surface area contributed by atoms with Gasteiger partial charge in [0.05, 0.1) is 22.4 Å². The number of fused-ring (bicyclic) bond motifs is 1. The van der Waals surface area contributed by atoms with Gasteiger partial charge in [-0.25, -0.2) is 9.97 Å². The predicted octanol–water partition coefficient (Wildman–Crippen LogP) is 4.26. The molecule has 0 bridgehead atoms. The van der Waals surface area contributed by atoms with Crippen LogP contribution in [0.1, 0.15) is 11.4 Å². The first kappa shape index (κ1) is 12.0. The molecule has 0 radical (unpaired) electrons. The van der Waals surface area contributed by atoms with Crippen LogP contribution >= 0.6 is 61.1 Å².